The Morgan fingerprint density at radius 2 is 1.94 bits per heavy atom. The van der Waals surface area contributed by atoms with Crippen molar-refractivity contribution in [3.8, 4) is 0 Å². The number of rotatable bonds is 5. The Labute approximate surface area is 97.5 Å². The molecule has 2 heterocycles. The summed E-state index contributed by atoms with van der Waals surface area (Å²) in [7, 11) is 0. The van der Waals surface area contributed by atoms with Gasteiger partial charge in [-0.2, -0.15) is 0 Å². The fourth-order valence-electron chi connectivity index (χ4n) is 2.60. The van der Waals surface area contributed by atoms with Gasteiger partial charge in [-0.15, -0.1) is 0 Å². The lowest BCUT2D eigenvalue weighted by Crippen LogP contribution is -2.23. The molecule has 0 radical (unpaired) electrons. The van der Waals surface area contributed by atoms with Crippen molar-refractivity contribution < 1.29 is 14.3 Å². The second-order valence-electron chi connectivity index (χ2n) is 4.88. The largest absolute Gasteiger partial charge is 0.381 e. The minimum atomic E-state index is 0.276. The number of carbonyl (C=O) groups excluding carboxylic acids is 1. The highest BCUT2D eigenvalue weighted by atomic mass is 16.5. The highest BCUT2D eigenvalue weighted by molar-refractivity contribution is 5.81. The van der Waals surface area contributed by atoms with Gasteiger partial charge in [-0.3, -0.25) is 4.79 Å². The number of hydrogen-bond donors (Lipinski definition) is 0. The normalized spacial score (nSPS) is 27.1. The third kappa shape index (κ3) is 3.56. The van der Waals surface area contributed by atoms with Crippen LogP contribution in [0.5, 0.6) is 0 Å². The lowest BCUT2D eigenvalue weighted by molar-refractivity contribution is -0.125. The van der Waals surface area contributed by atoms with Crippen molar-refractivity contribution in [2.45, 2.75) is 51.0 Å². The molecule has 0 aromatic heterocycles. The molecule has 0 bridgehead atoms. The van der Waals surface area contributed by atoms with Crippen LogP contribution in [0, 0.1) is 5.92 Å². The number of carbonyl (C=O) groups is 1. The summed E-state index contributed by atoms with van der Waals surface area (Å²) < 4.78 is 10.8. The molecule has 3 nitrogen and oxygen atoms in total. The minimum absolute atomic E-state index is 0.276. The van der Waals surface area contributed by atoms with Crippen molar-refractivity contribution in [1.29, 1.82) is 0 Å². The van der Waals surface area contributed by atoms with Gasteiger partial charge in [0.1, 0.15) is 5.78 Å². The predicted octanol–water partition coefficient (Wildman–Crippen LogP) is 2.33. The van der Waals surface area contributed by atoms with Gasteiger partial charge in [-0.1, -0.05) is 0 Å². The van der Waals surface area contributed by atoms with Crippen LogP contribution in [0.3, 0.4) is 0 Å². The van der Waals surface area contributed by atoms with Crippen LogP contribution in [0.25, 0.3) is 0 Å². The third-order valence-electron chi connectivity index (χ3n) is 3.65. The molecule has 92 valence electrons. The van der Waals surface area contributed by atoms with Gasteiger partial charge in [0.25, 0.3) is 0 Å². The SMILES string of the molecule is O=C(CCCC1CCCO1)C1CCOCC1. The first-order chi connectivity index (χ1) is 7.86. The highest BCUT2D eigenvalue weighted by Crippen LogP contribution is 2.21. The van der Waals surface area contributed by atoms with E-state index in [1.807, 2.05) is 0 Å². The summed E-state index contributed by atoms with van der Waals surface area (Å²) in [6, 6.07) is 0. The molecule has 0 aromatic rings. The van der Waals surface area contributed by atoms with Crippen molar-refractivity contribution in [3.05, 3.63) is 0 Å². The first-order valence-electron chi connectivity index (χ1n) is 6.58. The lowest BCUT2D eigenvalue weighted by atomic mass is 9.92. The number of ether oxygens (including phenoxy) is 2. The molecule has 0 amide bonds. The van der Waals surface area contributed by atoms with Gasteiger partial charge in [-0.25, -0.2) is 0 Å². The van der Waals surface area contributed by atoms with E-state index in [0.717, 1.165) is 51.9 Å². The van der Waals surface area contributed by atoms with Crippen LogP contribution in [0.2, 0.25) is 0 Å². The Balaban J connectivity index is 1.59. The minimum Gasteiger partial charge on any atom is -0.381 e. The van der Waals surface area contributed by atoms with Gasteiger partial charge >= 0.3 is 0 Å². The molecular formula is C13H22O3. The van der Waals surface area contributed by atoms with E-state index < -0.39 is 0 Å². The van der Waals surface area contributed by atoms with E-state index in [1.54, 1.807) is 0 Å². The fraction of sp³-hybridized carbons (Fsp3) is 0.923. The van der Waals surface area contributed by atoms with Crippen LogP contribution in [-0.4, -0.2) is 31.7 Å². The van der Waals surface area contributed by atoms with Gasteiger partial charge < -0.3 is 9.47 Å². The molecule has 0 aromatic carbocycles. The van der Waals surface area contributed by atoms with Crippen molar-refractivity contribution >= 4 is 5.78 Å². The van der Waals surface area contributed by atoms with Crippen LogP contribution in [0.4, 0.5) is 0 Å². The second kappa shape index (κ2) is 6.36. The summed E-state index contributed by atoms with van der Waals surface area (Å²) in [6.07, 6.45) is 7.48. The Bertz CT molecular complexity index is 215. The third-order valence-corrected chi connectivity index (χ3v) is 3.65. The van der Waals surface area contributed by atoms with E-state index in [2.05, 4.69) is 0 Å². The molecule has 3 heteroatoms. The van der Waals surface area contributed by atoms with Crippen LogP contribution in [-0.2, 0) is 14.3 Å². The van der Waals surface area contributed by atoms with Gasteiger partial charge in [0.05, 0.1) is 6.10 Å². The first kappa shape index (κ1) is 12.1. The van der Waals surface area contributed by atoms with Gasteiger partial charge in [-0.05, 0) is 38.5 Å². The monoisotopic (exact) mass is 226 g/mol. The summed E-state index contributed by atoms with van der Waals surface area (Å²) >= 11 is 0. The fourth-order valence-corrected chi connectivity index (χ4v) is 2.60. The standard InChI is InChI=1S/C13H22O3/c14-13(11-6-9-15-10-7-11)5-1-3-12-4-2-8-16-12/h11-12H,1-10H2. The van der Waals surface area contributed by atoms with Crippen LogP contribution >= 0.6 is 0 Å². The highest BCUT2D eigenvalue weighted by Gasteiger charge is 2.22. The van der Waals surface area contributed by atoms with E-state index in [0.29, 0.717) is 11.9 Å². The number of Topliss-reactive ketones (excluding diaryl/α,β-unsaturated/α-hetero) is 1. The Kier molecular flexibility index (Phi) is 4.79. The van der Waals surface area contributed by atoms with E-state index in [1.165, 1.54) is 12.8 Å². The smallest absolute Gasteiger partial charge is 0.136 e. The van der Waals surface area contributed by atoms with E-state index in [4.69, 9.17) is 9.47 Å². The van der Waals surface area contributed by atoms with E-state index in [9.17, 15) is 4.79 Å². The summed E-state index contributed by atoms with van der Waals surface area (Å²) in [6.45, 7) is 2.45. The summed E-state index contributed by atoms with van der Waals surface area (Å²) in [4.78, 5) is 11.9. The molecular weight excluding hydrogens is 204 g/mol. The Morgan fingerprint density at radius 1 is 1.12 bits per heavy atom. The van der Waals surface area contributed by atoms with Crippen LogP contribution in [0.15, 0.2) is 0 Å². The predicted molar refractivity (Wildman–Crippen MR) is 61.4 cm³/mol. The van der Waals surface area contributed by atoms with E-state index >= 15 is 0 Å². The molecule has 0 N–H and O–H groups in total. The molecule has 0 aliphatic carbocycles. The maximum absolute atomic E-state index is 11.9. The summed E-state index contributed by atoms with van der Waals surface area (Å²) in [5.41, 5.74) is 0. The lowest BCUT2D eigenvalue weighted by Gasteiger charge is -2.20. The van der Waals surface area contributed by atoms with Crippen LogP contribution in [0.1, 0.15) is 44.9 Å². The van der Waals surface area contributed by atoms with E-state index in [-0.39, 0.29) is 5.92 Å². The van der Waals surface area contributed by atoms with Crippen molar-refractivity contribution in [2.75, 3.05) is 19.8 Å². The van der Waals surface area contributed by atoms with Gasteiger partial charge in [0.15, 0.2) is 0 Å². The second-order valence-corrected chi connectivity index (χ2v) is 4.88. The molecule has 16 heavy (non-hydrogen) atoms. The van der Waals surface area contributed by atoms with Crippen molar-refractivity contribution in [2.24, 2.45) is 5.92 Å². The Hall–Kier alpha value is -0.410. The van der Waals surface area contributed by atoms with Crippen LogP contribution < -0.4 is 0 Å². The average Bonchev–Trinajstić information content (AvgIpc) is 2.83. The molecule has 2 rings (SSSR count). The topological polar surface area (TPSA) is 35.5 Å². The molecule has 0 spiro atoms. The zero-order valence-electron chi connectivity index (χ0n) is 9.95. The average molecular weight is 226 g/mol. The molecule has 2 saturated heterocycles. The Morgan fingerprint density at radius 3 is 2.62 bits per heavy atom. The molecule has 2 aliphatic rings. The van der Waals surface area contributed by atoms with Gasteiger partial charge in [0.2, 0.25) is 0 Å². The van der Waals surface area contributed by atoms with Crippen molar-refractivity contribution in [1.82, 2.24) is 0 Å². The zero-order valence-corrected chi connectivity index (χ0v) is 9.95. The summed E-state index contributed by atoms with van der Waals surface area (Å²) in [5.74, 6) is 0.722. The molecule has 2 aliphatic heterocycles. The zero-order chi connectivity index (χ0) is 11.2. The van der Waals surface area contributed by atoms with Gasteiger partial charge in [0, 0.05) is 32.2 Å². The first-order valence-corrected chi connectivity index (χ1v) is 6.58. The molecule has 2 fully saturated rings. The maximum atomic E-state index is 11.9. The number of ketones is 1. The number of hydrogen-bond acceptors (Lipinski definition) is 3. The summed E-state index contributed by atoms with van der Waals surface area (Å²) in [5, 5.41) is 0. The molecule has 0 saturated carbocycles. The quantitative estimate of drug-likeness (QED) is 0.721. The molecule has 1 atom stereocenters. The van der Waals surface area contributed by atoms with Crippen molar-refractivity contribution in [3.63, 3.8) is 0 Å². The molecule has 1 unspecified atom stereocenters. The maximum Gasteiger partial charge on any atom is 0.136 e.